The summed E-state index contributed by atoms with van der Waals surface area (Å²) in [7, 11) is 0. The molecular formula is C10H11N3O6. The fraction of sp³-hybridized carbons (Fsp3) is 0.300. The summed E-state index contributed by atoms with van der Waals surface area (Å²) in [4.78, 5) is 31.1. The fourth-order valence-electron chi connectivity index (χ4n) is 1.44. The van der Waals surface area contributed by atoms with Crippen LogP contribution in [0.3, 0.4) is 0 Å². The first-order valence-corrected chi connectivity index (χ1v) is 5.24. The number of hydrogen-bond donors (Lipinski definition) is 1. The Kier molecular flexibility index (Phi) is 4.35. The Bertz CT molecular complexity index is 507. The van der Waals surface area contributed by atoms with E-state index in [1.165, 1.54) is 6.92 Å². The van der Waals surface area contributed by atoms with Crippen LogP contribution in [0.15, 0.2) is 12.1 Å². The van der Waals surface area contributed by atoms with E-state index in [1.54, 1.807) is 6.92 Å². The summed E-state index contributed by atoms with van der Waals surface area (Å²) in [6.07, 6.45) is 0. The van der Waals surface area contributed by atoms with Crippen LogP contribution in [0.5, 0.6) is 5.75 Å². The van der Waals surface area contributed by atoms with E-state index in [0.29, 0.717) is 0 Å². The highest BCUT2D eigenvalue weighted by atomic mass is 16.6. The second kappa shape index (κ2) is 5.76. The van der Waals surface area contributed by atoms with Gasteiger partial charge in [-0.2, -0.15) is 0 Å². The van der Waals surface area contributed by atoms with Gasteiger partial charge in [0.15, 0.2) is 0 Å². The van der Waals surface area contributed by atoms with Gasteiger partial charge in [-0.3, -0.25) is 25.0 Å². The summed E-state index contributed by atoms with van der Waals surface area (Å²) >= 11 is 0. The molecule has 1 aromatic rings. The van der Waals surface area contributed by atoms with Crippen molar-refractivity contribution in [2.45, 2.75) is 13.8 Å². The first kappa shape index (κ1) is 14.4. The molecule has 1 rings (SSSR count). The number of nitro groups is 2. The Morgan fingerprint density at radius 3 is 2.05 bits per heavy atom. The molecule has 9 nitrogen and oxygen atoms in total. The number of ether oxygens (including phenoxy) is 1. The standard InChI is InChI=1S/C10H11N3O6/c1-3-19-10-8(12(15)16)4-7(11-6(2)14)5-9(10)13(17)18/h4-5H,3H2,1-2H3,(H,11,14). The van der Waals surface area contributed by atoms with E-state index >= 15 is 0 Å². The quantitative estimate of drug-likeness (QED) is 0.642. The predicted molar refractivity (Wildman–Crippen MR) is 65.2 cm³/mol. The molecule has 0 aromatic heterocycles. The van der Waals surface area contributed by atoms with Crippen molar-refractivity contribution < 1.29 is 19.4 Å². The smallest absolute Gasteiger partial charge is 0.320 e. The number of rotatable bonds is 5. The van der Waals surface area contributed by atoms with E-state index in [0.717, 1.165) is 12.1 Å². The van der Waals surface area contributed by atoms with Crippen LogP contribution >= 0.6 is 0 Å². The van der Waals surface area contributed by atoms with E-state index in [1.807, 2.05) is 0 Å². The molecule has 0 saturated carbocycles. The molecule has 0 atom stereocenters. The topological polar surface area (TPSA) is 125 Å². The molecule has 0 radical (unpaired) electrons. The number of benzene rings is 1. The van der Waals surface area contributed by atoms with Crippen molar-refractivity contribution in [1.82, 2.24) is 0 Å². The zero-order chi connectivity index (χ0) is 14.6. The van der Waals surface area contributed by atoms with Crippen LogP contribution < -0.4 is 10.1 Å². The first-order chi connectivity index (χ1) is 8.86. The maximum absolute atomic E-state index is 10.9. The Hall–Kier alpha value is -2.71. The normalized spacial score (nSPS) is 9.79. The lowest BCUT2D eigenvalue weighted by Gasteiger charge is -2.07. The van der Waals surface area contributed by atoms with Gasteiger partial charge in [0.25, 0.3) is 5.75 Å². The molecule has 0 heterocycles. The molecule has 0 aliphatic heterocycles. The van der Waals surface area contributed by atoms with Crippen molar-refractivity contribution in [3.8, 4) is 5.75 Å². The minimum Gasteiger partial charge on any atom is -0.482 e. The Morgan fingerprint density at radius 2 is 1.74 bits per heavy atom. The highest BCUT2D eigenvalue weighted by Crippen LogP contribution is 2.39. The second-order valence-electron chi connectivity index (χ2n) is 3.47. The van der Waals surface area contributed by atoms with Gasteiger partial charge in [0.05, 0.1) is 22.1 Å². The van der Waals surface area contributed by atoms with Crippen molar-refractivity contribution in [1.29, 1.82) is 0 Å². The molecule has 0 bridgehead atoms. The molecule has 0 aliphatic rings. The van der Waals surface area contributed by atoms with Gasteiger partial charge in [-0.05, 0) is 6.92 Å². The van der Waals surface area contributed by atoms with Crippen molar-refractivity contribution in [3.63, 3.8) is 0 Å². The van der Waals surface area contributed by atoms with Gasteiger partial charge in [0.2, 0.25) is 5.91 Å². The number of carbonyl (C=O) groups excluding carboxylic acids is 1. The van der Waals surface area contributed by atoms with Crippen molar-refractivity contribution in [3.05, 3.63) is 32.4 Å². The molecule has 0 saturated heterocycles. The van der Waals surface area contributed by atoms with Gasteiger partial charge in [0, 0.05) is 19.1 Å². The lowest BCUT2D eigenvalue weighted by molar-refractivity contribution is -0.395. The molecule has 19 heavy (non-hydrogen) atoms. The lowest BCUT2D eigenvalue weighted by Crippen LogP contribution is -2.08. The highest BCUT2D eigenvalue weighted by Gasteiger charge is 2.28. The van der Waals surface area contributed by atoms with Crippen LogP contribution in [0.2, 0.25) is 0 Å². The fourth-order valence-corrected chi connectivity index (χ4v) is 1.44. The summed E-state index contributed by atoms with van der Waals surface area (Å²) in [6.45, 7) is 2.78. The van der Waals surface area contributed by atoms with Crippen LogP contribution in [0.25, 0.3) is 0 Å². The number of carbonyl (C=O) groups is 1. The molecule has 102 valence electrons. The molecule has 0 fully saturated rings. The number of nitro benzene ring substituents is 2. The largest absolute Gasteiger partial charge is 0.482 e. The van der Waals surface area contributed by atoms with Gasteiger partial charge in [-0.15, -0.1) is 0 Å². The third-order valence-corrected chi connectivity index (χ3v) is 2.05. The maximum Gasteiger partial charge on any atom is 0.320 e. The van der Waals surface area contributed by atoms with E-state index in [2.05, 4.69) is 5.32 Å². The summed E-state index contributed by atoms with van der Waals surface area (Å²) in [5.74, 6) is -0.917. The van der Waals surface area contributed by atoms with Crippen LogP contribution in [-0.2, 0) is 4.79 Å². The van der Waals surface area contributed by atoms with Crippen molar-refractivity contribution in [2.75, 3.05) is 11.9 Å². The van der Waals surface area contributed by atoms with Gasteiger partial charge in [0.1, 0.15) is 0 Å². The number of nitrogens with zero attached hydrogens (tertiary/aromatic N) is 2. The van der Waals surface area contributed by atoms with E-state index in [-0.39, 0.29) is 12.3 Å². The van der Waals surface area contributed by atoms with Crippen LogP contribution in [-0.4, -0.2) is 22.4 Å². The Labute approximate surface area is 107 Å². The molecule has 0 spiro atoms. The Balaban J connectivity index is 3.47. The summed E-state index contributed by atoms with van der Waals surface area (Å²) < 4.78 is 4.95. The number of nitrogens with one attached hydrogen (secondary N) is 1. The van der Waals surface area contributed by atoms with E-state index < -0.39 is 32.9 Å². The molecule has 1 aromatic carbocycles. The van der Waals surface area contributed by atoms with Gasteiger partial charge in [-0.1, -0.05) is 0 Å². The zero-order valence-electron chi connectivity index (χ0n) is 10.2. The summed E-state index contributed by atoms with van der Waals surface area (Å²) in [5.41, 5.74) is -1.17. The summed E-state index contributed by atoms with van der Waals surface area (Å²) in [6, 6.07) is 2.03. The summed E-state index contributed by atoms with van der Waals surface area (Å²) in [5, 5.41) is 24.1. The number of hydrogen-bond acceptors (Lipinski definition) is 6. The molecule has 0 unspecified atom stereocenters. The monoisotopic (exact) mass is 269 g/mol. The lowest BCUT2D eigenvalue weighted by atomic mass is 10.2. The third-order valence-electron chi connectivity index (χ3n) is 2.05. The molecule has 1 N–H and O–H groups in total. The number of anilines is 1. The highest BCUT2D eigenvalue weighted by molar-refractivity contribution is 5.90. The third kappa shape index (κ3) is 3.37. The average Bonchev–Trinajstić information content (AvgIpc) is 2.29. The molecule has 9 heteroatoms. The number of amides is 1. The molecule has 1 amide bonds. The van der Waals surface area contributed by atoms with Gasteiger partial charge in [-0.25, -0.2) is 0 Å². The average molecular weight is 269 g/mol. The maximum atomic E-state index is 10.9. The SMILES string of the molecule is CCOc1c([N+](=O)[O-])cc(NC(C)=O)cc1[N+](=O)[O-]. The van der Waals surface area contributed by atoms with Crippen molar-refractivity contribution >= 4 is 23.0 Å². The minimum atomic E-state index is -0.802. The Morgan fingerprint density at radius 1 is 1.26 bits per heavy atom. The zero-order valence-corrected chi connectivity index (χ0v) is 10.2. The van der Waals surface area contributed by atoms with Gasteiger partial charge < -0.3 is 10.1 Å². The minimum absolute atomic E-state index is 0.0330. The molecular weight excluding hydrogens is 258 g/mol. The van der Waals surface area contributed by atoms with Gasteiger partial charge >= 0.3 is 11.4 Å². The molecule has 0 aliphatic carbocycles. The van der Waals surface area contributed by atoms with Crippen molar-refractivity contribution in [2.24, 2.45) is 0 Å². The van der Waals surface area contributed by atoms with Crippen LogP contribution in [0.4, 0.5) is 17.1 Å². The van der Waals surface area contributed by atoms with E-state index in [9.17, 15) is 25.0 Å². The first-order valence-electron chi connectivity index (χ1n) is 5.24. The van der Waals surface area contributed by atoms with E-state index in [4.69, 9.17) is 4.74 Å². The predicted octanol–water partition coefficient (Wildman–Crippen LogP) is 1.86. The van der Waals surface area contributed by atoms with Crippen LogP contribution in [0.1, 0.15) is 13.8 Å². The second-order valence-corrected chi connectivity index (χ2v) is 3.47. The van der Waals surface area contributed by atoms with Crippen LogP contribution in [0, 0.1) is 20.2 Å².